The van der Waals surface area contributed by atoms with Crippen molar-refractivity contribution in [1.29, 1.82) is 0 Å². The minimum Gasteiger partial charge on any atom is -0.508 e. The number of carbonyl (C=O) groups excluding carboxylic acids is 1. The van der Waals surface area contributed by atoms with Gasteiger partial charge in [-0.1, -0.05) is 5.92 Å². The lowest BCUT2D eigenvalue weighted by Gasteiger charge is -2.16. The Morgan fingerprint density at radius 3 is 2.68 bits per heavy atom. The third kappa shape index (κ3) is 3.87. The molecule has 0 spiro atoms. The van der Waals surface area contributed by atoms with E-state index in [1.54, 1.807) is 19.1 Å². The number of amides is 1. The number of imidazole rings is 1. The van der Waals surface area contributed by atoms with Crippen molar-refractivity contribution in [1.82, 2.24) is 24.8 Å². The molecule has 2 aromatic heterocycles. The number of phenols is 1. The molecule has 1 fully saturated rings. The molecule has 4 rings (SSSR count). The van der Waals surface area contributed by atoms with Gasteiger partial charge in [0.1, 0.15) is 23.5 Å². The summed E-state index contributed by atoms with van der Waals surface area (Å²) in [6.45, 7) is 2.09. The molecule has 1 saturated heterocycles. The number of nitrogens with zero attached hydrogens (tertiary/aromatic N) is 4. The van der Waals surface area contributed by atoms with Gasteiger partial charge in [0.05, 0.1) is 6.33 Å². The van der Waals surface area contributed by atoms with Crippen LogP contribution >= 0.6 is 0 Å². The smallest absolute Gasteiger partial charge is 0.252 e. The summed E-state index contributed by atoms with van der Waals surface area (Å²) in [5.41, 5.74) is 7.12. The van der Waals surface area contributed by atoms with Crippen LogP contribution in [0.15, 0.2) is 30.6 Å². The Morgan fingerprint density at radius 2 is 1.97 bits per heavy atom. The number of hydrogen-bond acceptors (Lipinski definition) is 9. The molecule has 3 heterocycles. The normalized spacial score (nSPS) is 22.8. The SMILES string of the molecule is CCNC(=O)[C@H]1O[C@@H](n2cnc3c(N)nc(C#Cc4ccc(O)cc4)nc32)[C@H](O)[C@@H]1O. The van der Waals surface area contributed by atoms with Gasteiger partial charge >= 0.3 is 0 Å². The number of aliphatic hydroxyl groups excluding tert-OH is 2. The van der Waals surface area contributed by atoms with Crippen LogP contribution in [0.1, 0.15) is 24.5 Å². The van der Waals surface area contributed by atoms with Gasteiger partial charge in [-0.25, -0.2) is 15.0 Å². The Labute approximate surface area is 176 Å². The zero-order chi connectivity index (χ0) is 22.1. The Morgan fingerprint density at radius 1 is 1.23 bits per heavy atom. The Bertz CT molecular complexity index is 1180. The summed E-state index contributed by atoms with van der Waals surface area (Å²) in [6, 6.07) is 6.29. The summed E-state index contributed by atoms with van der Waals surface area (Å²) in [7, 11) is 0. The maximum absolute atomic E-state index is 12.1. The third-order valence-electron chi connectivity index (χ3n) is 4.76. The van der Waals surface area contributed by atoms with E-state index in [1.807, 2.05) is 0 Å². The number of aromatic hydroxyl groups is 1. The van der Waals surface area contributed by atoms with Crippen molar-refractivity contribution in [2.45, 2.75) is 31.5 Å². The van der Waals surface area contributed by atoms with Crippen LogP contribution in [0, 0.1) is 11.8 Å². The lowest BCUT2D eigenvalue weighted by atomic mass is 10.1. The molecule has 11 nitrogen and oxygen atoms in total. The predicted octanol–water partition coefficient (Wildman–Crippen LogP) is -0.731. The number of likely N-dealkylation sites (N-methyl/N-ethyl adjacent to an activating group) is 1. The zero-order valence-corrected chi connectivity index (χ0v) is 16.4. The van der Waals surface area contributed by atoms with Crippen LogP contribution in [0.3, 0.4) is 0 Å². The van der Waals surface area contributed by atoms with Gasteiger partial charge in [0.2, 0.25) is 5.82 Å². The molecule has 160 valence electrons. The lowest BCUT2D eigenvalue weighted by molar-refractivity contribution is -0.137. The number of anilines is 1. The van der Waals surface area contributed by atoms with Crippen molar-refractivity contribution in [3.05, 3.63) is 42.0 Å². The van der Waals surface area contributed by atoms with E-state index in [1.165, 1.54) is 23.0 Å². The van der Waals surface area contributed by atoms with E-state index >= 15 is 0 Å². The highest BCUT2D eigenvalue weighted by molar-refractivity contribution is 5.83. The number of nitrogen functional groups attached to an aromatic ring is 1. The Kier molecular flexibility index (Phi) is 5.43. The number of nitrogens with two attached hydrogens (primary N) is 1. The van der Waals surface area contributed by atoms with Crippen LogP contribution in [0.4, 0.5) is 5.82 Å². The molecule has 0 saturated carbocycles. The molecule has 0 unspecified atom stereocenters. The van der Waals surface area contributed by atoms with Crippen molar-refractivity contribution in [2.24, 2.45) is 0 Å². The number of aliphatic hydroxyl groups is 2. The number of rotatable bonds is 3. The fraction of sp³-hybridized carbons (Fsp3) is 0.300. The Balaban J connectivity index is 1.68. The summed E-state index contributed by atoms with van der Waals surface area (Å²) in [4.78, 5) is 24.8. The lowest BCUT2D eigenvalue weighted by Crippen LogP contribution is -2.42. The topological polar surface area (TPSA) is 169 Å². The fourth-order valence-electron chi connectivity index (χ4n) is 3.23. The first-order chi connectivity index (χ1) is 14.9. The summed E-state index contributed by atoms with van der Waals surface area (Å²) >= 11 is 0. The van der Waals surface area contributed by atoms with Crippen molar-refractivity contribution in [3.8, 4) is 17.6 Å². The van der Waals surface area contributed by atoms with Crippen LogP contribution in [0.25, 0.3) is 11.2 Å². The van der Waals surface area contributed by atoms with Crippen molar-refractivity contribution in [3.63, 3.8) is 0 Å². The van der Waals surface area contributed by atoms with E-state index in [9.17, 15) is 20.1 Å². The van der Waals surface area contributed by atoms with E-state index in [0.29, 0.717) is 12.1 Å². The van der Waals surface area contributed by atoms with E-state index in [4.69, 9.17) is 10.5 Å². The largest absolute Gasteiger partial charge is 0.508 e. The molecule has 0 aliphatic carbocycles. The molecule has 1 amide bonds. The summed E-state index contributed by atoms with van der Waals surface area (Å²) in [5.74, 6) is 5.43. The maximum atomic E-state index is 12.1. The molecule has 0 radical (unpaired) electrons. The van der Waals surface area contributed by atoms with Gasteiger partial charge in [-0.05, 0) is 37.1 Å². The first-order valence-electron chi connectivity index (χ1n) is 9.49. The zero-order valence-electron chi connectivity index (χ0n) is 16.4. The molecule has 4 atom stereocenters. The number of aromatic nitrogens is 4. The molecule has 1 aliphatic rings. The van der Waals surface area contributed by atoms with Gasteiger partial charge in [-0.3, -0.25) is 9.36 Å². The second-order valence-corrected chi connectivity index (χ2v) is 6.88. The van der Waals surface area contributed by atoms with E-state index < -0.39 is 30.4 Å². The van der Waals surface area contributed by atoms with Crippen LogP contribution in [-0.4, -0.2) is 65.6 Å². The predicted molar refractivity (Wildman–Crippen MR) is 108 cm³/mol. The number of benzene rings is 1. The number of hydrogen-bond donors (Lipinski definition) is 5. The van der Waals surface area contributed by atoms with Crippen molar-refractivity contribution < 1.29 is 24.9 Å². The van der Waals surface area contributed by atoms with Crippen molar-refractivity contribution >= 4 is 22.9 Å². The second kappa shape index (κ2) is 8.19. The molecule has 6 N–H and O–H groups in total. The highest BCUT2D eigenvalue weighted by atomic mass is 16.6. The molecule has 1 aliphatic heterocycles. The van der Waals surface area contributed by atoms with E-state index in [-0.39, 0.29) is 28.6 Å². The first kappa shape index (κ1) is 20.5. The standard InChI is InChI=1S/C20H20N6O5/c1-2-22-19(30)16-14(28)15(29)20(31-16)26-9-23-13-17(21)24-12(25-18(13)26)8-5-10-3-6-11(27)7-4-10/h3-4,6-7,9,14-16,20,27-29H,2H2,1H3,(H,22,30)(H2,21,24,25)/t14-,15+,16-,20+/m0/s1. The number of nitrogens with one attached hydrogen (secondary N) is 1. The Hall–Kier alpha value is -3.72. The summed E-state index contributed by atoms with van der Waals surface area (Å²) < 4.78 is 7.00. The van der Waals surface area contributed by atoms with Gasteiger partial charge < -0.3 is 31.1 Å². The molecule has 3 aromatic rings. The quantitative estimate of drug-likeness (QED) is 0.340. The molecule has 1 aromatic carbocycles. The van der Waals surface area contributed by atoms with Gasteiger partial charge in [-0.2, -0.15) is 0 Å². The van der Waals surface area contributed by atoms with Crippen LogP contribution in [0.2, 0.25) is 0 Å². The van der Waals surface area contributed by atoms with Gasteiger partial charge in [0.15, 0.2) is 23.8 Å². The average molecular weight is 424 g/mol. The average Bonchev–Trinajstić information content (AvgIpc) is 3.29. The van der Waals surface area contributed by atoms with E-state index in [2.05, 4.69) is 32.1 Å². The molecule has 31 heavy (non-hydrogen) atoms. The maximum Gasteiger partial charge on any atom is 0.252 e. The molecule has 11 heteroatoms. The molecular weight excluding hydrogens is 404 g/mol. The molecular formula is C20H20N6O5. The van der Waals surface area contributed by atoms with Gasteiger partial charge in [-0.15, -0.1) is 0 Å². The fourth-order valence-corrected chi connectivity index (χ4v) is 3.23. The number of ether oxygens (including phenoxy) is 1. The van der Waals surface area contributed by atoms with Crippen LogP contribution in [-0.2, 0) is 9.53 Å². The minimum absolute atomic E-state index is 0.0760. The second-order valence-electron chi connectivity index (χ2n) is 6.88. The first-order valence-corrected chi connectivity index (χ1v) is 9.49. The third-order valence-corrected chi connectivity index (χ3v) is 4.76. The summed E-state index contributed by atoms with van der Waals surface area (Å²) in [5, 5.41) is 32.6. The van der Waals surface area contributed by atoms with E-state index in [0.717, 1.165) is 0 Å². The highest BCUT2D eigenvalue weighted by Gasteiger charge is 2.47. The van der Waals surface area contributed by atoms with Crippen LogP contribution in [0.5, 0.6) is 5.75 Å². The van der Waals surface area contributed by atoms with Gasteiger partial charge in [0.25, 0.3) is 5.91 Å². The van der Waals surface area contributed by atoms with Crippen LogP contribution < -0.4 is 11.1 Å². The number of carbonyl (C=O) groups is 1. The monoisotopic (exact) mass is 424 g/mol. The number of fused-ring (bicyclic) bond motifs is 1. The highest BCUT2D eigenvalue weighted by Crippen LogP contribution is 2.32. The summed E-state index contributed by atoms with van der Waals surface area (Å²) in [6.07, 6.45) is -3.84. The number of phenolic OH excluding ortho intramolecular Hbond substituents is 1. The molecule has 0 bridgehead atoms. The minimum atomic E-state index is -1.43. The van der Waals surface area contributed by atoms with Crippen molar-refractivity contribution in [2.75, 3.05) is 12.3 Å². The van der Waals surface area contributed by atoms with Gasteiger partial charge in [0, 0.05) is 12.1 Å².